The van der Waals surface area contributed by atoms with Crippen molar-refractivity contribution in [1.82, 2.24) is 4.98 Å². The SMILES string of the molecule is Cc1cc([N+](=O)[O-])c(NCc2cnc(Cl)s2)c(Br)c1C. The first kappa shape index (κ1) is 15.2. The van der Waals surface area contributed by atoms with Crippen LogP contribution in [0.15, 0.2) is 16.7 Å². The normalized spacial score (nSPS) is 10.6. The quantitative estimate of drug-likeness (QED) is 0.620. The molecular weight excluding hydrogens is 366 g/mol. The summed E-state index contributed by atoms with van der Waals surface area (Å²) in [5, 5.41) is 14.3. The number of aromatic nitrogens is 1. The number of halogens is 2. The largest absolute Gasteiger partial charge is 0.374 e. The maximum atomic E-state index is 11.2. The molecule has 0 unspecified atom stereocenters. The molecule has 5 nitrogen and oxygen atoms in total. The van der Waals surface area contributed by atoms with Crippen LogP contribution < -0.4 is 5.32 Å². The summed E-state index contributed by atoms with van der Waals surface area (Å²) >= 11 is 10.5. The van der Waals surface area contributed by atoms with E-state index in [0.717, 1.165) is 16.0 Å². The number of thiazole rings is 1. The zero-order valence-corrected chi connectivity index (χ0v) is 13.9. The number of nitro groups is 1. The monoisotopic (exact) mass is 375 g/mol. The summed E-state index contributed by atoms with van der Waals surface area (Å²) in [4.78, 5) is 15.6. The topological polar surface area (TPSA) is 68.1 Å². The Bertz CT molecular complexity index is 675. The average molecular weight is 377 g/mol. The highest BCUT2D eigenvalue weighted by molar-refractivity contribution is 9.10. The highest BCUT2D eigenvalue weighted by Gasteiger charge is 2.20. The third kappa shape index (κ3) is 3.11. The van der Waals surface area contributed by atoms with Gasteiger partial charge in [0.1, 0.15) is 5.69 Å². The maximum absolute atomic E-state index is 11.2. The number of hydrogen-bond acceptors (Lipinski definition) is 5. The molecule has 0 amide bonds. The molecule has 0 fully saturated rings. The lowest BCUT2D eigenvalue weighted by molar-refractivity contribution is -0.384. The van der Waals surface area contributed by atoms with Crippen LogP contribution >= 0.6 is 38.9 Å². The van der Waals surface area contributed by atoms with Crippen molar-refractivity contribution < 1.29 is 4.92 Å². The van der Waals surface area contributed by atoms with Gasteiger partial charge < -0.3 is 5.32 Å². The molecule has 0 spiro atoms. The third-order valence-corrected chi connectivity index (χ3v) is 5.02. The molecule has 20 heavy (non-hydrogen) atoms. The number of nitrogens with one attached hydrogen (secondary N) is 1. The summed E-state index contributed by atoms with van der Waals surface area (Å²) < 4.78 is 1.16. The van der Waals surface area contributed by atoms with Crippen LogP contribution in [0.4, 0.5) is 11.4 Å². The minimum absolute atomic E-state index is 0.0515. The zero-order valence-electron chi connectivity index (χ0n) is 10.7. The number of aryl methyl sites for hydroxylation is 1. The van der Waals surface area contributed by atoms with E-state index >= 15 is 0 Å². The Morgan fingerprint density at radius 1 is 1.55 bits per heavy atom. The summed E-state index contributed by atoms with van der Waals surface area (Å²) in [5.74, 6) is 0. The fraction of sp³-hybridized carbons (Fsp3) is 0.250. The summed E-state index contributed by atoms with van der Waals surface area (Å²) in [5.41, 5.74) is 2.37. The number of hydrogen-bond donors (Lipinski definition) is 1. The predicted molar refractivity (Wildman–Crippen MR) is 84.7 cm³/mol. The highest BCUT2D eigenvalue weighted by Crippen LogP contribution is 2.37. The van der Waals surface area contributed by atoms with Gasteiger partial charge in [0.25, 0.3) is 5.69 Å². The second kappa shape index (κ2) is 6.07. The molecule has 0 saturated heterocycles. The van der Waals surface area contributed by atoms with E-state index in [9.17, 15) is 10.1 Å². The van der Waals surface area contributed by atoms with Crippen LogP contribution in [0, 0.1) is 24.0 Å². The minimum atomic E-state index is -0.390. The Kier molecular flexibility index (Phi) is 4.62. The Morgan fingerprint density at radius 2 is 2.25 bits per heavy atom. The first-order valence-corrected chi connectivity index (χ1v) is 7.67. The van der Waals surface area contributed by atoms with E-state index < -0.39 is 0 Å². The van der Waals surface area contributed by atoms with Crippen LogP contribution in [-0.4, -0.2) is 9.91 Å². The Labute approximate surface area is 133 Å². The predicted octanol–water partition coefficient (Wildman–Crippen LogP) is 4.70. The molecule has 0 radical (unpaired) electrons. The summed E-state index contributed by atoms with van der Waals surface area (Å²) in [6.45, 7) is 4.20. The van der Waals surface area contributed by atoms with Crippen molar-refractivity contribution in [3.63, 3.8) is 0 Å². The van der Waals surface area contributed by atoms with Crippen molar-refractivity contribution in [2.24, 2.45) is 0 Å². The molecule has 8 heteroatoms. The van der Waals surface area contributed by atoms with Crippen molar-refractivity contribution >= 4 is 50.2 Å². The van der Waals surface area contributed by atoms with Gasteiger partial charge in [-0.25, -0.2) is 4.98 Å². The number of benzene rings is 1. The Balaban J connectivity index is 2.34. The lowest BCUT2D eigenvalue weighted by atomic mass is 10.1. The first-order valence-electron chi connectivity index (χ1n) is 5.68. The standard InChI is InChI=1S/C12H11BrClN3O2S/c1-6-3-9(17(18)19)11(10(13)7(6)2)15-4-8-5-16-12(14)20-8/h3,5,15H,4H2,1-2H3. The molecule has 2 aromatic rings. The fourth-order valence-corrected chi connectivity index (χ4v) is 3.29. The molecule has 0 bridgehead atoms. The molecule has 0 aliphatic heterocycles. The van der Waals surface area contributed by atoms with Crippen LogP contribution in [0.25, 0.3) is 0 Å². The van der Waals surface area contributed by atoms with Crippen molar-refractivity contribution in [2.75, 3.05) is 5.32 Å². The van der Waals surface area contributed by atoms with E-state index in [1.807, 2.05) is 13.8 Å². The third-order valence-electron chi connectivity index (χ3n) is 2.91. The van der Waals surface area contributed by atoms with Crippen LogP contribution in [-0.2, 0) is 6.54 Å². The van der Waals surface area contributed by atoms with Gasteiger partial charge in [-0.3, -0.25) is 10.1 Å². The number of anilines is 1. The van der Waals surface area contributed by atoms with Crippen LogP contribution in [0.3, 0.4) is 0 Å². The van der Waals surface area contributed by atoms with Crippen molar-refractivity contribution in [2.45, 2.75) is 20.4 Å². The van der Waals surface area contributed by atoms with E-state index in [4.69, 9.17) is 11.6 Å². The first-order chi connectivity index (χ1) is 9.40. The summed E-state index contributed by atoms with van der Waals surface area (Å²) in [6.07, 6.45) is 1.65. The van der Waals surface area contributed by atoms with Gasteiger partial charge in [-0.2, -0.15) is 0 Å². The molecule has 1 heterocycles. The van der Waals surface area contributed by atoms with Gasteiger partial charge in [0.2, 0.25) is 0 Å². The van der Waals surface area contributed by atoms with Crippen molar-refractivity contribution in [1.29, 1.82) is 0 Å². The molecule has 1 aromatic carbocycles. The van der Waals surface area contributed by atoms with E-state index in [-0.39, 0.29) is 10.6 Å². The molecule has 0 aliphatic carbocycles. The number of nitrogens with zero attached hydrogens (tertiary/aromatic N) is 2. The maximum Gasteiger partial charge on any atom is 0.293 e. The Hall–Kier alpha value is -1.18. The lowest BCUT2D eigenvalue weighted by Gasteiger charge is -2.12. The molecule has 0 saturated carbocycles. The van der Waals surface area contributed by atoms with Gasteiger partial charge in [-0.15, -0.1) is 11.3 Å². The molecule has 1 aromatic heterocycles. The average Bonchev–Trinajstić information content (AvgIpc) is 2.80. The van der Waals surface area contributed by atoms with Crippen LogP contribution in [0.2, 0.25) is 4.47 Å². The van der Waals surface area contributed by atoms with E-state index in [2.05, 4.69) is 26.2 Å². The minimum Gasteiger partial charge on any atom is -0.374 e. The van der Waals surface area contributed by atoms with Crippen LogP contribution in [0.5, 0.6) is 0 Å². The van der Waals surface area contributed by atoms with Crippen molar-refractivity contribution in [3.8, 4) is 0 Å². The fourth-order valence-electron chi connectivity index (χ4n) is 1.71. The van der Waals surface area contributed by atoms with E-state index in [1.54, 1.807) is 12.3 Å². The van der Waals surface area contributed by atoms with Crippen molar-refractivity contribution in [3.05, 3.63) is 47.3 Å². The molecular formula is C12H11BrClN3O2S. The van der Waals surface area contributed by atoms with Gasteiger partial charge in [0, 0.05) is 17.1 Å². The highest BCUT2D eigenvalue weighted by atomic mass is 79.9. The van der Waals surface area contributed by atoms with Gasteiger partial charge in [0.05, 0.1) is 15.9 Å². The molecule has 2 rings (SSSR count). The second-order valence-corrected chi connectivity index (χ2v) is 6.71. The van der Waals surface area contributed by atoms with Gasteiger partial charge >= 0.3 is 0 Å². The summed E-state index contributed by atoms with van der Waals surface area (Å²) in [6, 6.07) is 1.57. The van der Waals surface area contributed by atoms with Gasteiger partial charge in [-0.1, -0.05) is 11.6 Å². The Morgan fingerprint density at radius 3 is 2.80 bits per heavy atom. The summed E-state index contributed by atoms with van der Waals surface area (Å²) in [7, 11) is 0. The molecule has 0 aliphatic rings. The lowest BCUT2D eigenvalue weighted by Crippen LogP contribution is -2.04. The molecule has 1 N–H and O–H groups in total. The second-order valence-electron chi connectivity index (χ2n) is 4.22. The zero-order chi connectivity index (χ0) is 14.9. The van der Waals surface area contributed by atoms with E-state index in [0.29, 0.717) is 21.2 Å². The smallest absolute Gasteiger partial charge is 0.293 e. The van der Waals surface area contributed by atoms with E-state index in [1.165, 1.54) is 11.3 Å². The van der Waals surface area contributed by atoms with Crippen LogP contribution in [0.1, 0.15) is 16.0 Å². The van der Waals surface area contributed by atoms with Gasteiger partial charge in [0.15, 0.2) is 4.47 Å². The number of nitro benzene ring substituents is 1. The molecule has 106 valence electrons. The van der Waals surface area contributed by atoms with Gasteiger partial charge in [-0.05, 0) is 40.9 Å². The number of rotatable bonds is 4. The molecule has 0 atom stereocenters.